The van der Waals surface area contributed by atoms with Gasteiger partial charge >= 0.3 is 6.11 Å². The molecule has 0 saturated heterocycles. The van der Waals surface area contributed by atoms with Crippen LogP contribution < -0.4 is 5.11 Å². The highest BCUT2D eigenvalue weighted by molar-refractivity contribution is 5.79. The lowest BCUT2D eigenvalue weighted by atomic mass is 9.45. The molecule has 0 radical (unpaired) electrons. The number of alkyl halides is 2. The van der Waals surface area contributed by atoms with Gasteiger partial charge in [-0.3, -0.25) is 4.79 Å². The van der Waals surface area contributed by atoms with Crippen molar-refractivity contribution >= 4 is 11.8 Å². The van der Waals surface area contributed by atoms with Gasteiger partial charge in [0.15, 0.2) is 0 Å². The van der Waals surface area contributed by atoms with E-state index in [0.717, 1.165) is 38.5 Å². The standard InChI is InChI=1S/C21H30F2O4/c1-19-9-7-13(24)11-12(19)3-4-14-15-5-6-17(27-21(22,23)18(25)26)20(15,2)10-8-16(14)19/h12,14-17H,3-11H2,1-2H3,(H,25,26)/p-1. The highest BCUT2D eigenvalue weighted by Gasteiger charge is 2.61. The fraction of sp³-hybridized carbons (Fsp3) is 0.905. The van der Waals surface area contributed by atoms with E-state index in [1.807, 2.05) is 6.92 Å². The summed E-state index contributed by atoms with van der Waals surface area (Å²) in [6, 6.07) is 0. The minimum Gasteiger partial charge on any atom is -0.542 e. The second kappa shape index (κ2) is 6.23. The summed E-state index contributed by atoms with van der Waals surface area (Å²) in [5, 5.41) is 10.7. The molecular formula is C21H29F2O4-. The summed E-state index contributed by atoms with van der Waals surface area (Å²) in [5.74, 6) is -0.334. The maximum absolute atomic E-state index is 13.7. The minimum absolute atomic E-state index is 0.173. The van der Waals surface area contributed by atoms with E-state index in [2.05, 4.69) is 6.92 Å². The van der Waals surface area contributed by atoms with E-state index in [1.165, 1.54) is 0 Å². The maximum atomic E-state index is 13.7. The number of fused-ring (bicyclic) bond motifs is 5. The van der Waals surface area contributed by atoms with Crippen molar-refractivity contribution in [2.75, 3.05) is 0 Å². The topological polar surface area (TPSA) is 66.4 Å². The van der Waals surface area contributed by atoms with Crippen molar-refractivity contribution in [3.63, 3.8) is 0 Å². The molecule has 152 valence electrons. The number of carboxylic acid groups (broad SMARTS) is 1. The Labute approximate surface area is 159 Å². The van der Waals surface area contributed by atoms with Crippen molar-refractivity contribution in [3.8, 4) is 0 Å². The lowest BCUT2D eigenvalue weighted by Gasteiger charge is -2.60. The Morgan fingerprint density at radius 1 is 1.07 bits per heavy atom. The van der Waals surface area contributed by atoms with Gasteiger partial charge in [0.05, 0.1) is 6.10 Å². The summed E-state index contributed by atoms with van der Waals surface area (Å²) in [4.78, 5) is 22.7. The summed E-state index contributed by atoms with van der Waals surface area (Å²) in [5.41, 5.74) is -0.236. The Morgan fingerprint density at radius 3 is 2.48 bits per heavy atom. The van der Waals surface area contributed by atoms with Crippen LogP contribution in [0.5, 0.6) is 0 Å². The van der Waals surface area contributed by atoms with Gasteiger partial charge in [-0.2, -0.15) is 8.78 Å². The number of aliphatic carboxylic acids is 1. The van der Waals surface area contributed by atoms with Crippen LogP contribution in [0.2, 0.25) is 0 Å². The van der Waals surface area contributed by atoms with Crippen molar-refractivity contribution in [2.45, 2.75) is 83.8 Å². The van der Waals surface area contributed by atoms with Crippen LogP contribution in [0.4, 0.5) is 8.78 Å². The molecule has 0 aromatic rings. The molecule has 4 fully saturated rings. The second-order valence-electron chi connectivity index (χ2n) is 9.93. The van der Waals surface area contributed by atoms with Gasteiger partial charge in [-0.15, -0.1) is 0 Å². The summed E-state index contributed by atoms with van der Waals surface area (Å²) in [7, 11) is 0. The van der Waals surface area contributed by atoms with Crippen molar-refractivity contribution in [1.82, 2.24) is 0 Å². The number of ether oxygens (including phenoxy) is 1. The average molecular weight is 383 g/mol. The average Bonchev–Trinajstić information content (AvgIpc) is 2.91. The van der Waals surface area contributed by atoms with Crippen molar-refractivity contribution in [3.05, 3.63) is 0 Å². The third kappa shape index (κ3) is 2.85. The Bertz CT molecular complexity index is 650. The number of Topliss-reactive ketones (excluding diaryl/α,β-unsaturated/α-hetero) is 1. The molecule has 0 spiro atoms. The molecule has 4 aliphatic carbocycles. The monoisotopic (exact) mass is 383 g/mol. The molecule has 27 heavy (non-hydrogen) atoms. The van der Waals surface area contributed by atoms with Gasteiger partial charge in [0.25, 0.3) is 0 Å². The van der Waals surface area contributed by atoms with Crippen LogP contribution >= 0.6 is 0 Å². The molecule has 4 aliphatic rings. The Hall–Kier alpha value is -1.04. The molecule has 7 unspecified atom stereocenters. The van der Waals surface area contributed by atoms with Crippen LogP contribution in [-0.2, 0) is 14.3 Å². The predicted molar refractivity (Wildman–Crippen MR) is 91.6 cm³/mol. The third-order valence-electron chi connectivity index (χ3n) is 8.92. The zero-order valence-electron chi connectivity index (χ0n) is 16.1. The Balaban J connectivity index is 1.55. The Morgan fingerprint density at radius 2 is 1.78 bits per heavy atom. The molecular weight excluding hydrogens is 354 g/mol. The number of halogens is 2. The van der Waals surface area contributed by atoms with Gasteiger partial charge in [-0.05, 0) is 79.4 Å². The molecule has 0 aromatic heterocycles. The van der Waals surface area contributed by atoms with Gasteiger partial charge in [0.1, 0.15) is 11.8 Å². The van der Waals surface area contributed by atoms with E-state index in [-0.39, 0.29) is 11.3 Å². The normalized spacial score (nSPS) is 47.1. The Kier molecular flexibility index (Phi) is 4.45. The molecule has 7 atom stereocenters. The van der Waals surface area contributed by atoms with E-state index >= 15 is 0 Å². The molecule has 4 saturated carbocycles. The van der Waals surface area contributed by atoms with Crippen molar-refractivity contribution in [1.29, 1.82) is 0 Å². The van der Waals surface area contributed by atoms with E-state index in [0.29, 0.717) is 42.8 Å². The first-order valence-corrected chi connectivity index (χ1v) is 10.4. The van der Waals surface area contributed by atoms with Gasteiger partial charge in [-0.25, -0.2) is 0 Å². The van der Waals surface area contributed by atoms with Gasteiger partial charge in [0, 0.05) is 12.8 Å². The molecule has 4 rings (SSSR count). The third-order valence-corrected chi connectivity index (χ3v) is 8.92. The molecule has 0 amide bonds. The molecule has 0 bridgehead atoms. The SMILES string of the molecule is CC12CCC(=O)CC1CCC1C2CCC2(C)C(OC(F)(F)C(=O)[O-])CCC12. The predicted octanol–water partition coefficient (Wildman–Crippen LogP) is 3.33. The lowest BCUT2D eigenvalue weighted by molar-refractivity contribution is -0.372. The van der Waals surface area contributed by atoms with Crippen LogP contribution in [0, 0.1) is 34.5 Å². The fourth-order valence-corrected chi connectivity index (χ4v) is 7.42. The number of carboxylic acids is 1. The number of carbonyl (C=O) groups excluding carboxylic acids is 2. The van der Waals surface area contributed by atoms with Crippen LogP contribution in [0.1, 0.15) is 71.6 Å². The largest absolute Gasteiger partial charge is 0.542 e. The number of hydrogen-bond acceptors (Lipinski definition) is 4. The van der Waals surface area contributed by atoms with Gasteiger partial charge in [0.2, 0.25) is 0 Å². The van der Waals surface area contributed by atoms with E-state index in [4.69, 9.17) is 4.74 Å². The van der Waals surface area contributed by atoms with E-state index in [9.17, 15) is 23.5 Å². The number of carbonyl (C=O) groups is 2. The molecule has 0 N–H and O–H groups in total. The van der Waals surface area contributed by atoms with Crippen molar-refractivity contribution < 1.29 is 28.2 Å². The minimum atomic E-state index is -4.23. The van der Waals surface area contributed by atoms with E-state index < -0.39 is 23.6 Å². The van der Waals surface area contributed by atoms with Crippen molar-refractivity contribution in [2.24, 2.45) is 34.5 Å². The first kappa shape index (κ1) is 19.3. The first-order chi connectivity index (χ1) is 12.6. The zero-order valence-corrected chi connectivity index (χ0v) is 16.1. The fourth-order valence-electron chi connectivity index (χ4n) is 7.42. The summed E-state index contributed by atoms with van der Waals surface area (Å²) in [6.07, 6.45) is 2.45. The maximum Gasteiger partial charge on any atom is 0.397 e. The van der Waals surface area contributed by atoms with Crippen LogP contribution in [0.3, 0.4) is 0 Å². The lowest BCUT2D eigenvalue weighted by Crippen LogP contribution is -2.55. The molecule has 6 heteroatoms. The molecule has 0 heterocycles. The number of ketones is 1. The van der Waals surface area contributed by atoms with Gasteiger partial charge < -0.3 is 14.6 Å². The summed E-state index contributed by atoms with van der Waals surface area (Å²) >= 11 is 0. The summed E-state index contributed by atoms with van der Waals surface area (Å²) in [6.45, 7) is 4.35. The number of rotatable bonds is 3. The second-order valence-corrected chi connectivity index (χ2v) is 9.93. The number of hydrogen-bond donors (Lipinski definition) is 0. The van der Waals surface area contributed by atoms with E-state index in [1.54, 1.807) is 0 Å². The smallest absolute Gasteiger partial charge is 0.397 e. The zero-order chi connectivity index (χ0) is 19.6. The molecule has 0 aromatic carbocycles. The van der Waals surface area contributed by atoms with Gasteiger partial charge in [-0.1, -0.05) is 13.8 Å². The molecule has 4 nitrogen and oxygen atoms in total. The van der Waals surface area contributed by atoms with Crippen LogP contribution in [0.25, 0.3) is 0 Å². The highest BCUT2D eigenvalue weighted by atomic mass is 19.3. The first-order valence-electron chi connectivity index (χ1n) is 10.4. The van der Waals surface area contributed by atoms with Crippen LogP contribution in [0.15, 0.2) is 0 Å². The molecule has 0 aliphatic heterocycles. The summed E-state index contributed by atoms with van der Waals surface area (Å²) < 4.78 is 32.1. The van der Waals surface area contributed by atoms with Crippen LogP contribution in [-0.4, -0.2) is 24.0 Å². The highest BCUT2D eigenvalue weighted by Crippen LogP contribution is 2.66. The quantitative estimate of drug-likeness (QED) is 0.750.